The molecule has 0 N–H and O–H groups in total. The smallest absolute Gasteiger partial charge is 0.0662 e. The summed E-state index contributed by atoms with van der Waals surface area (Å²) in [7, 11) is 0. The van der Waals surface area contributed by atoms with Gasteiger partial charge in [0.25, 0.3) is 0 Å². The Morgan fingerprint density at radius 3 is 2.29 bits per heavy atom. The van der Waals surface area contributed by atoms with Crippen molar-refractivity contribution in [3.8, 4) is 5.69 Å². The largest absolute Gasteiger partial charge is 0.237 e. The van der Waals surface area contributed by atoms with Crippen molar-refractivity contribution in [2.24, 2.45) is 0 Å². The second-order valence-corrected chi connectivity index (χ2v) is 5.29. The van der Waals surface area contributed by atoms with Gasteiger partial charge in [0, 0.05) is 17.5 Å². The van der Waals surface area contributed by atoms with Crippen LogP contribution in [-0.2, 0) is 0 Å². The molecule has 1 aromatic carbocycles. The topological polar surface area (TPSA) is 17.8 Å². The van der Waals surface area contributed by atoms with Crippen molar-refractivity contribution in [2.75, 3.05) is 0 Å². The van der Waals surface area contributed by atoms with E-state index in [0.29, 0.717) is 0 Å². The summed E-state index contributed by atoms with van der Waals surface area (Å²) in [5, 5.41) is 4.82. The van der Waals surface area contributed by atoms with Gasteiger partial charge in [0.2, 0.25) is 0 Å². The van der Waals surface area contributed by atoms with Crippen molar-refractivity contribution in [3.63, 3.8) is 0 Å². The van der Waals surface area contributed by atoms with E-state index in [-0.39, 0.29) is 0 Å². The molecular formula is C15H16N2. The first-order valence-corrected chi connectivity index (χ1v) is 6.57. The van der Waals surface area contributed by atoms with Crippen LogP contribution in [0.3, 0.4) is 0 Å². The standard InChI is InChI=1S/C15H16N2/c1-2-4-13(5-3-1)17-15(12-8-9-12)10-14(16-17)11-6-7-11/h1-5,10-12H,6-9H2. The average molecular weight is 224 g/mol. The number of aromatic nitrogens is 2. The minimum Gasteiger partial charge on any atom is -0.237 e. The van der Waals surface area contributed by atoms with E-state index in [1.54, 1.807) is 0 Å². The Labute approximate surface area is 101 Å². The molecule has 0 aliphatic heterocycles. The molecule has 0 atom stereocenters. The van der Waals surface area contributed by atoms with Crippen molar-refractivity contribution < 1.29 is 0 Å². The SMILES string of the molecule is c1ccc(-n2nc(C3CC3)cc2C2CC2)cc1. The van der Waals surface area contributed by atoms with Crippen LogP contribution in [0, 0.1) is 0 Å². The quantitative estimate of drug-likeness (QED) is 0.778. The molecule has 0 bridgehead atoms. The Hall–Kier alpha value is -1.57. The van der Waals surface area contributed by atoms with Crippen LogP contribution in [0.5, 0.6) is 0 Å². The summed E-state index contributed by atoms with van der Waals surface area (Å²) < 4.78 is 2.17. The first-order chi connectivity index (χ1) is 8.42. The molecule has 2 fully saturated rings. The van der Waals surface area contributed by atoms with Gasteiger partial charge in [0.15, 0.2) is 0 Å². The lowest BCUT2D eigenvalue weighted by atomic mass is 10.2. The fourth-order valence-corrected chi connectivity index (χ4v) is 2.44. The maximum Gasteiger partial charge on any atom is 0.0662 e. The highest BCUT2D eigenvalue weighted by molar-refractivity contribution is 5.36. The Morgan fingerprint density at radius 1 is 0.941 bits per heavy atom. The zero-order chi connectivity index (χ0) is 11.2. The van der Waals surface area contributed by atoms with Crippen molar-refractivity contribution >= 4 is 0 Å². The first-order valence-electron chi connectivity index (χ1n) is 6.57. The Kier molecular flexibility index (Phi) is 1.92. The van der Waals surface area contributed by atoms with Gasteiger partial charge in [0.1, 0.15) is 0 Å². The lowest BCUT2D eigenvalue weighted by Gasteiger charge is -2.05. The third kappa shape index (κ3) is 1.68. The fourth-order valence-electron chi connectivity index (χ4n) is 2.44. The maximum absolute atomic E-state index is 4.82. The van der Waals surface area contributed by atoms with Gasteiger partial charge in [-0.25, -0.2) is 4.68 Å². The highest BCUT2D eigenvalue weighted by Gasteiger charge is 2.32. The maximum atomic E-state index is 4.82. The summed E-state index contributed by atoms with van der Waals surface area (Å²) in [5.41, 5.74) is 3.95. The van der Waals surface area contributed by atoms with E-state index in [0.717, 1.165) is 11.8 Å². The van der Waals surface area contributed by atoms with Crippen molar-refractivity contribution in [3.05, 3.63) is 47.8 Å². The number of benzene rings is 1. The van der Waals surface area contributed by atoms with Crippen LogP contribution < -0.4 is 0 Å². The molecule has 0 radical (unpaired) electrons. The molecule has 2 heteroatoms. The van der Waals surface area contributed by atoms with Crippen molar-refractivity contribution in [2.45, 2.75) is 37.5 Å². The van der Waals surface area contributed by atoms with Crippen LogP contribution in [0.15, 0.2) is 36.4 Å². The molecule has 2 aliphatic rings. The van der Waals surface area contributed by atoms with Crippen LogP contribution in [-0.4, -0.2) is 9.78 Å². The van der Waals surface area contributed by atoms with Crippen molar-refractivity contribution in [1.29, 1.82) is 0 Å². The van der Waals surface area contributed by atoms with Gasteiger partial charge in [-0.15, -0.1) is 0 Å². The summed E-state index contributed by atoms with van der Waals surface area (Å²) in [5.74, 6) is 1.51. The zero-order valence-electron chi connectivity index (χ0n) is 9.84. The highest BCUT2D eigenvalue weighted by Crippen LogP contribution is 2.45. The molecule has 17 heavy (non-hydrogen) atoms. The Morgan fingerprint density at radius 2 is 1.65 bits per heavy atom. The van der Waals surface area contributed by atoms with Gasteiger partial charge >= 0.3 is 0 Å². The van der Waals surface area contributed by atoms with Crippen LogP contribution in [0.1, 0.15) is 48.9 Å². The summed E-state index contributed by atoms with van der Waals surface area (Å²) >= 11 is 0. The van der Waals surface area contributed by atoms with Crippen LogP contribution in [0.2, 0.25) is 0 Å². The van der Waals surface area contributed by atoms with E-state index in [9.17, 15) is 0 Å². The molecule has 2 nitrogen and oxygen atoms in total. The minimum absolute atomic E-state index is 0.748. The van der Waals surface area contributed by atoms with E-state index in [1.165, 1.54) is 42.8 Å². The Bertz CT molecular complexity index is 533. The molecule has 0 saturated heterocycles. The first kappa shape index (κ1) is 9.46. The lowest BCUT2D eigenvalue weighted by Crippen LogP contribution is -2.00. The monoisotopic (exact) mass is 224 g/mol. The van der Waals surface area contributed by atoms with E-state index >= 15 is 0 Å². The summed E-state index contributed by atoms with van der Waals surface area (Å²) in [6, 6.07) is 12.9. The van der Waals surface area contributed by atoms with Crippen LogP contribution in [0.25, 0.3) is 5.69 Å². The molecule has 0 unspecified atom stereocenters. The summed E-state index contributed by atoms with van der Waals surface area (Å²) in [6.07, 6.45) is 5.33. The van der Waals surface area contributed by atoms with Crippen molar-refractivity contribution in [1.82, 2.24) is 9.78 Å². The molecule has 0 amide bonds. The zero-order valence-corrected chi connectivity index (χ0v) is 9.84. The number of para-hydroxylation sites is 1. The summed E-state index contributed by atoms with van der Waals surface area (Å²) in [4.78, 5) is 0. The normalized spacial score (nSPS) is 19.5. The predicted molar refractivity (Wildman–Crippen MR) is 67.5 cm³/mol. The lowest BCUT2D eigenvalue weighted by molar-refractivity contribution is 0.787. The predicted octanol–water partition coefficient (Wildman–Crippen LogP) is 3.63. The second-order valence-electron chi connectivity index (χ2n) is 5.29. The molecular weight excluding hydrogens is 208 g/mol. The number of hydrogen-bond donors (Lipinski definition) is 0. The van der Waals surface area contributed by atoms with Gasteiger partial charge in [-0.3, -0.25) is 0 Å². The van der Waals surface area contributed by atoms with Gasteiger partial charge in [0.05, 0.1) is 11.4 Å². The van der Waals surface area contributed by atoms with Crippen LogP contribution >= 0.6 is 0 Å². The van der Waals surface area contributed by atoms with Gasteiger partial charge < -0.3 is 0 Å². The third-order valence-corrected chi connectivity index (χ3v) is 3.75. The molecule has 1 aromatic heterocycles. The molecule has 1 heterocycles. The molecule has 2 saturated carbocycles. The third-order valence-electron chi connectivity index (χ3n) is 3.75. The molecule has 4 rings (SSSR count). The molecule has 2 aromatic rings. The number of rotatable bonds is 3. The van der Waals surface area contributed by atoms with E-state index in [1.807, 2.05) is 0 Å². The molecule has 86 valence electrons. The minimum atomic E-state index is 0.748. The van der Waals surface area contributed by atoms with Gasteiger partial charge in [-0.2, -0.15) is 5.10 Å². The average Bonchev–Trinajstić information content (AvgIpc) is 3.28. The van der Waals surface area contributed by atoms with Gasteiger partial charge in [-0.05, 0) is 43.9 Å². The van der Waals surface area contributed by atoms with E-state index in [2.05, 4.69) is 41.1 Å². The highest BCUT2D eigenvalue weighted by atomic mass is 15.3. The fraction of sp³-hybridized carbons (Fsp3) is 0.400. The summed E-state index contributed by atoms with van der Waals surface area (Å²) in [6.45, 7) is 0. The number of nitrogens with zero attached hydrogens (tertiary/aromatic N) is 2. The Balaban J connectivity index is 1.82. The van der Waals surface area contributed by atoms with Crippen LogP contribution in [0.4, 0.5) is 0 Å². The second kappa shape index (κ2) is 3.46. The number of hydrogen-bond acceptors (Lipinski definition) is 1. The van der Waals surface area contributed by atoms with E-state index < -0.39 is 0 Å². The van der Waals surface area contributed by atoms with E-state index in [4.69, 9.17) is 5.10 Å². The van der Waals surface area contributed by atoms with Gasteiger partial charge in [-0.1, -0.05) is 18.2 Å². The molecule has 0 spiro atoms. The molecule has 2 aliphatic carbocycles.